The number of carbonyl (C=O) groups is 1. The van der Waals surface area contributed by atoms with E-state index in [1.54, 1.807) is 30.3 Å². The molecule has 0 spiro atoms. The lowest BCUT2D eigenvalue weighted by Crippen LogP contribution is -2.42. The zero-order valence-corrected chi connectivity index (χ0v) is 20.7. The summed E-state index contributed by atoms with van der Waals surface area (Å²) in [6.45, 7) is 1.60. The lowest BCUT2D eigenvalue weighted by Gasteiger charge is -2.26. The molecule has 4 aromatic carbocycles. The molecule has 0 heterocycles. The molecular weight excluding hydrogens is 480 g/mol. The molecule has 1 amide bonds. The quantitative estimate of drug-likeness (QED) is 0.332. The molecule has 178 valence electrons. The predicted octanol–water partition coefficient (Wildman–Crippen LogP) is 5.75. The first-order valence-corrected chi connectivity index (χ1v) is 12.9. The van der Waals surface area contributed by atoms with Crippen molar-refractivity contribution in [2.24, 2.45) is 0 Å². The molecule has 0 aromatic heterocycles. The molecule has 0 radical (unpaired) electrons. The maximum atomic E-state index is 13.6. The first kappa shape index (κ1) is 24.5. The topological polar surface area (TPSA) is 66.5 Å². The number of anilines is 1. The van der Waals surface area contributed by atoms with Gasteiger partial charge in [-0.3, -0.25) is 9.10 Å². The van der Waals surface area contributed by atoms with Crippen LogP contribution in [0.4, 0.5) is 5.69 Å². The number of hydrogen-bond acceptors (Lipinski definition) is 3. The molecule has 1 N–H and O–H groups in total. The van der Waals surface area contributed by atoms with Crippen molar-refractivity contribution < 1.29 is 13.2 Å². The zero-order chi connectivity index (χ0) is 24.8. The van der Waals surface area contributed by atoms with E-state index < -0.39 is 22.0 Å². The van der Waals surface area contributed by atoms with Crippen molar-refractivity contribution in [2.45, 2.75) is 17.9 Å². The van der Waals surface area contributed by atoms with Crippen LogP contribution in [0.1, 0.15) is 22.7 Å². The highest BCUT2D eigenvalue weighted by atomic mass is 35.5. The number of nitrogens with one attached hydrogen (secondary N) is 1. The van der Waals surface area contributed by atoms with Crippen molar-refractivity contribution >= 4 is 33.2 Å². The second-order valence-corrected chi connectivity index (χ2v) is 10.4. The molecule has 0 aliphatic rings. The second kappa shape index (κ2) is 10.8. The van der Waals surface area contributed by atoms with Gasteiger partial charge < -0.3 is 5.32 Å². The van der Waals surface area contributed by atoms with Gasteiger partial charge in [0.05, 0.1) is 16.6 Å². The van der Waals surface area contributed by atoms with Crippen molar-refractivity contribution in [3.8, 4) is 0 Å². The van der Waals surface area contributed by atoms with Gasteiger partial charge in [-0.25, -0.2) is 8.42 Å². The lowest BCUT2D eigenvalue weighted by molar-refractivity contribution is -0.120. The number of carbonyl (C=O) groups excluding carboxylic acids is 1. The largest absolute Gasteiger partial charge is 0.344 e. The van der Waals surface area contributed by atoms with E-state index in [0.717, 1.165) is 21.0 Å². The maximum absolute atomic E-state index is 13.6. The average Bonchev–Trinajstić information content (AvgIpc) is 2.87. The van der Waals surface area contributed by atoms with Gasteiger partial charge in [0.2, 0.25) is 5.91 Å². The minimum Gasteiger partial charge on any atom is -0.344 e. The minimum absolute atomic E-state index is 0.0528. The number of benzene rings is 4. The van der Waals surface area contributed by atoms with Gasteiger partial charge in [-0.15, -0.1) is 0 Å². The van der Waals surface area contributed by atoms with Crippen molar-refractivity contribution in [2.75, 3.05) is 10.8 Å². The van der Waals surface area contributed by atoms with Crippen molar-refractivity contribution in [3.63, 3.8) is 0 Å². The summed E-state index contributed by atoms with van der Waals surface area (Å²) in [6.07, 6.45) is 0. The third kappa shape index (κ3) is 5.73. The molecule has 35 heavy (non-hydrogen) atoms. The Labute approximate surface area is 211 Å². The van der Waals surface area contributed by atoms with Crippen LogP contribution in [0, 0.1) is 6.92 Å². The minimum atomic E-state index is -4.03. The van der Waals surface area contributed by atoms with Crippen molar-refractivity contribution in [1.29, 1.82) is 0 Å². The molecular formula is C28H25ClN2O3S. The van der Waals surface area contributed by atoms with E-state index in [9.17, 15) is 13.2 Å². The molecule has 4 aromatic rings. The first-order chi connectivity index (χ1) is 16.9. The Morgan fingerprint density at radius 1 is 0.829 bits per heavy atom. The fourth-order valence-electron chi connectivity index (χ4n) is 3.88. The smallest absolute Gasteiger partial charge is 0.264 e. The molecule has 0 fully saturated rings. The average molecular weight is 505 g/mol. The van der Waals surface area contributed by atoms with E-state index in [1.165, 1.54) is 24.3 Å². The molecule has 0 saturated carbocycles. The van der Waals surface area contributed by atoms with Gasteiger partial charge in [-0.1, -0.05) is 84.4 Å². The Balaban J connectivity index is 1.68. The normalized spacial score (nSPS) is 12.1. The Kier molecular flexibility index (Phi) is 7.54. The zero-order valence-electron chi connectivity index (χ0n) is 19.1. The lowest BCUT2D eigenvalue weighted by atomic mass is 9.95. The number of nitrogens with zero attached hydrogens (tertiary/aromatic N) is 1. The third-order valence-electron chi connectivity index (χ3n) is 5.67. The molecule has 0 bridgehead atoms. The van der Waals surface area contributed by atoms with Crippen LogP contribution in [0.5, 0.6) is 0 Å². The van der Waals surface area contributed by atoms with Gasteiger partial charge in [0.1, 0.15) is 6.54 Å². The van der Waals surface area contributed by atoms with Crippen LogP contribution in [-0.2, 0) is 14.8 Å². The van der Waals surface area contributed by atoms with Crippen LogP contribution in [0.2, 0.25) is 5.02 Å². The number of amides is 1. The first-order valence-electron chi connectivity index (χ1n) is 11.1. The van der Waals surface area contributed by atoms with Crippen molar-refractivity contribution in [3.05, 3.63) is 131 Å². The summed E-state index contributed by atoms with van der Waals surface area (Å²) in [5.74, 6) is -0.427. The second-order valence-electron chi connectivity index (χ2n) is 8.07. The standard InChI is InChI=1S/C28H25ClN2O3S/c1-21-10-8-9-15-26(21)28(22-11-4-2-5-12-22)30-27(32)20-31(24-13-6-3-7-14-24)35(33,34)25-18-16-23(29)17-19-25/h2-19,28H,20H2,1H3,(H,30,32). The Morgan fingerprint density at radius 3 is 2.03 bits per heavy atom. The van der Waals surface area contributed by atoms with Gasteiger partial charge in [0.25, 0.3) is 10.0 Å². The molecule has 1 atom stereocenters. The van der Waals surface area contributed by atoms with Gasteiger partial charge in [0, 0.05) is 5.02 Å². The van der Waals surface area contributed by atoms with Crippen LogP contribution in [0.15, 0.2) is 114 Å². The molecule has 7 heteroatoms. The highest BCUT2D eigenvalue weighted by Crippen LogP contribution is 2.27. The summed E-state index contributed by atoms with van der Waals surface area (Å²) in [5, 5.41) is 3.48. The van der Waals surface area contributed by atoms with E-state index in [4.69, 9.17) is 11.6 Å². The number of rotatable bonds is 8. The summed E-state index contributed by atoms with van der Waals surface area (Å²) >= 11 is 5.96. The molecule has 0 aliphatic carbocycles. The summed E-state index contributed by atoms with van der Waals surface area (Å²) < 4.78 is 28.2. The van der Waals surface area contributed by atoms with E-state index in [-0.39, 0.29) is 11.4 Å². The monoisotopic (exact) mass is 504 g/mol. The van der Waals surface area contributed by atoms with Crippen LogP contribution >= 0.6 is 11.6 Å². The molecule has 5 nitrogen and oxygen atoms in total. The number of halogens is 1. The van der Waals surface area contributed by atoms with Gasteiger partial charge in [-0.05, 0) is 60.0 Å². The van der Waals surface area contributed by atoms with Gasteiger partial charge in [0.15, 0.2) is 0 Å². The highest BCUT2D eigenvalue weighted by Gasteiger charge is 2.28. The molecule has 4 rings (SSSR count). The van der Waals surface area contributed by atoms with Gasteiger partial charge >= 0.3 is 0 Å². The number of aryl methyl sites for hydroxylation is 1. The van der Waals surface area contributed by atoms with Crippen LogP contribution in [0.3, 0.4) is 0 Å². The van der Waals surface area contributed by atoms with E-state index in [2.05, 4.69) is 5.32 Å². The fourth-order valence-corrected chi connectivity index (χ4v) is 5.42. The number of hydrogen-bond donors (Lipinski definition) is 1. The Bertz CT molecular complexity index is 1390. The van der Waals surface area contributed by atoms with Crippen LogP contribution in [-0.4, -0.2) is 20.9 Å². The van der Waals surface area contributed by atoms with Crippen LogP contribution in [0.25, 0.3) is 0 Å². The fraction of sp³-hybridized carbons (Fsp3) is 0.107. The summed E-state index contributed by atoms with van der Waals surface area (Å²) in [4.78, 5) is 13.4. The van der Waals surface area contributed by atoms with E-state index >= 15 is 0 Å². The predicted molar refractivity (Wildman–Crippen MR) is 140 cm³/mol. The Hall–Kier alpha value is -3.61. The molecule has 1 unspecified atom stereocenters. The summed E-state index contributed by atoms with van der Waals surface area (Å²) in [7, 11) is -4.03. The van der Waals surface area contributed by atoms with E-state index in [0.29, 0.717) is 10.7 Å². The summed E-state index contributed by atoms with van der Waals surface area (Å²) in [5.41, 5.74) is 3.26. The maximum Gasteiger partial charge on any atom is 0.264 e. The number of sulfonamides is 1. The van der Waals surface area contributed by atoms with Crippen LogP contribution < -0.4 is 9.62 Å². The molecule has 0 saturated heterocycles. The number of para-hydroxylation sites is 1. The SMILES string of the molecule is Cc1ccccc1C(NC(=O)CN(c1ccccc1)S(=O)(=O)c1ccc(Cl)cc1)c1ccccc1. The summed E-state index contributed by atoms with van der Waals surface area (Å²) in [6, 6.07) is 31.5. The van der Waals surface area contributed by atoms with Crippen molar-refractivity contribution in [1.82, 2.24) is 5.32 Å². The third-order valence-corrected chi connectivity index (χ3v) is 7.71. The van der Waals surface area contributed by atoms with E-state index in [1.807, 2.05) is 61.5 Å². The highest BCUT2D eigenvalue weighted by molar-refractivity contribution is 7.92. The Morgan fingerprint density at radius 2 is 1.40 bits per heavy atom. The van der Waals surface area contributed by atoms with Gasteiger partial charge in [-0.2, -0.15) is 0 Å². The molecule has 0 aliphatic heterocycles.